The minimum Gasteiger partial charge on any atom is -0.466 e. The number of hydrogen-bond donors (Lipinski definition) is 2. The second-order valence-corrected chi connectivity index (χ2v) is 9.61. The number of carbonyl (C=O) groups is 2. The quantitative estimate of drug-likeness (QED) is 0.402. The van der Waals surface area contributed by atoms with Gasteiger partial charge in [-0.2, -0.15) is 0 Å². The molecular formula is C28H35N5O3. The zero-order valence-electron chi connectivity index (χ0n) is 21.3. The van der Waals surface area contributed by atoms with Crippen molar-refractivity contribution in [1.82, 2.24) is 14.9 Å². The van der Waals surface area contributed by atoms with Crippen LogP contribution in [0.25, 0.3) is 22.0 Å². The summed E-state index contributed by atoms with van der Waals surface area (Å²) in [5.74, 6) is 0.981. The Morgan fingerprint density at radius 3 is 2.64 bits per heavy atom. The number of likely N-dealkylation sites (tertiary alicyclic amines) is 1. The topological polar surface area (TPSA) is 96.5 Å². The van der Waals surface area contributed by atoms with Gasteiger partial charge in [-0.1, -0.05) is 32.0 Å². The van der Waals surface area contributed by atoms with Crippen LogP contribution in [0.4, 0.5) is 16.3 Å². The van der Waals surface area contributed by atoms with Crippen LogP contribution in [0.3, 0.4) is 0 Å². The van der Waals surface area contributed by atoms with Gasteiger partial charge in [-0.15, -0.1) is 0 Å². The minimum absolute atomic E-state index is 0.197. The molecule has 1 unspecified atom stereocenters. The summed E-state index contributed by atoms with van der Waals surface area (Å²) in [5, 5.41) is 7.39. The van der Waals surface area contributed by atoms with Crippen molar-refractivity contribution in [3.8, 4) is 11.1 Å². The number of piperidine rings is 1. The number of fused-ring (bicyclic) bond motifs is 1. The molecule has 8 heteroatoms. The second-order valence-electron chi connectivity index (χ2n) is 9.61. The maximum atomic E-state index is 12.8. The molecule has 0 radical (unpaired) electrons. The lowest BCUT2D eigenvalue weighted by molar-refractivity contribution is -0.149. The van der Waals surface area contributed by atoms with E-state index in [0.717, 1.165) is 53.7 Å². The second kappa shape index (κ2) is 11.8. The number of anilines is 2. The van der Waals surface area contributed by atoms with Crippen LogP contribution >= 0.6 is 0 Å². The Kier molecular flexibility index (Phi) is 8.36. The first-order chi connectivity index (χ1) is 17.4. The Hall–Kier alpha value is -3.68. The molecule has 2 aromatic carbocycles. The highest BCUT2D eigenvalue weighted by atomic mass is 16.5. The predicted octanol–water partition coefficient (Wildman–Crippen LogP) is 5.56. The molecule has 0 saturated carbocycles. The average Bonchev–Trinajstić information content (AvgIpc) is 2.89. The maximum Gasteiger partial charge on any atom is 0.321 e. The number of benzene rings is 2. The number of aromatic nitrogens is 2. The molecular weight excluding hydrogens is 454 g/mol. The highest BCUT2D eigenvalue weighted by Gasteiger charge is 2.29. The lowest BCUT2D eigenvalue weighted by atomic mass is 9.98. The first-order valence-electron chi connectivity index (χ1n) is 12.8. The van der Waals surface area contributed by atoms with Crippen LogP contribution in [0.5, 0.6) is 0 Å². The fourth-order valence-corrected chi connectivity index (χ4v) is 4.42. The fourth-order valence-electron chi connectivity index (χ4n) is 4.42. The van der Waals surface area contributed by atoms with Crippen LogP contribution in [-0.2, 0) is 9.53 Å². The van der Waals surface area contributed by atoms with E-state index in [1.54, 1.807) is 18.2 Å². The molecule has 1 aliphatic rings. The molecule has 1 saturated heterocycles. The lowest BCUT2D eigenvalue weighted by Crippen LogP contribution is -2.44. The third-order valence-corrected chi connectivity index (χ3v) is 6.45. The molecule has 0 spiro atoms. The number of amides is 2. The van der Waals surface area contributed by atoms with Crippen molar-refractivity contribution in [2.75, 3.05) is 36.9 Å². The molecule has 2 N–H and O–H groups in total. The van der Waals surface area contributed by atoms with E-state index in [2.05, 4.69) is 40.5 Å². The number of hydrogen-bond acceptors (Lipinski definition) is 6. The van der Waals surface area contributed by atoms with Gasteiger partial charge in [0, 0.05) is 30.7 Å². The molecule has 4 rings (SSSR count). The Bertz CT molecular complexity index is 1200. The summed E-state index contributed by atoms with van der Waals surface area (Å²) in [6.45, 7) is 8.44. The van der Waals surface area contributed by atoms with Gasteiger partial charge in [0.1, 0.15) is 12.1 Å². The standard InChI is InChI=1S/C28H35N5O3/c1-4-36-27(34)22-6-5-15-33(17-22)28(35)32-23-10-7-20(8-11-23)21-9-12-25-24(16-21)26(31-18-30-25)29-14-13-19(2)3/h7-12,16,18-19,22H,4-6,13-15,17H2,1-3H3,(H,32,35)(H,29,30,31). The molecule has 36 heavy (non-hydrogen) atoms. The average molecular weight is 490 g/mol. The smallest absolute Gasteiger partial charge is 0.321 e. The molecule has 190 valence electrons. The lowest BCUT2D eigenvalue weighted by Gasteiger charge is -2.31. The van der Waals surface area contributed by atoms with Crippen molar-refractivity contribution >= 4 is 34.4 Å². The highest BCUT2D eigenvalue weighted by Crippen LogP contribution is 2.28. The van der Waals surface area contributed by atoms with Gasteiger partial charge in [-0.25, -0.2) is 14.8 Å². The van der Waals surface area contributed by atoms with E-state index < -0.39 is 0 Å². The number of carbonyl (C=O) groups excluding carboxylic acids is 2. The van der Waals surface area contributed by atoms with E-state index in [9.17, 15) is 9.59 Å². The van der Waals surface area contributed by atoms with Crippen molar-refractivity contribution in [2.45, 2.75) is 40.0 Å². The number of ether oxygens (including phenoxy) is 1. The summed E-state index contributed by atoms with van der Waals surface area (Å²) in [6.07, 6.45) is 4.20. The van der Waals surface area contributed by atoms with E-state index in [4.69, 9.17) is 4.74 Å². The predicted molar refractivity (Wildman–Crippen MR) is 143 cm³/mol. The monoisotopic (exact) mass is 489 g/mol. The Labute approximate surface area is 212 Å². The summed E-state index contributed by atoms with van der Waals surface area (Å²) in [7, 11) is 0. The first kappa shape index (κ1) is 25.4. The molecule has 8 nitrogen and oxygen atoms in total. The fraction of sp³-hybridized carbons (Fsp3) is 0.429. The Morgan fingerprint density at radius 2 is 1.89 bits per heavy atom. The minimum atomic E-state index is -0.256. The van der Waals surface area contributed by atoms with Crippen LogP contribution in [0.15, 0.2) is 48.8 Å². The largest absolute Gasteiger partial charge is 0.466 e. The molecule has 2 amide bonds. The number of nitrogens with zero attached hydrogens (tertiary/aromatic N) is 3. The zero-order valence-corrected chi connectivity index (χ0v) is 21.3. The third kappa shape index (κ3) is 6.30. The van der Waals surface area contributed by atoms with Crippen LogP contribution in [0.2, 0.25) is 0 Å². The molecule has 3 aromatic rings. The van der Waals surface area contributed by atoms with E-state index >= 15 is 0 Å². The molecule has 1 aliphatic heterocycles. The van der Waals surface area contributed by atoms with Crippen LogP contribution in [-0.4, -0.2) is 53.1 Å². The molecule has 2 heterocycles. The van der Waals surface area contributed by atoms with Crippen LogP contribution < -0.4 is 10.6 Å². The van der Waals surface area contributed by atoms with E-state index in [-0.39, 0.29) is 17.9 Å². The Balaban J connectivity index is 1.43. The van der Waals surface area contributed by atoms with Gasteiger partial charge in [0.05, 0.1) is 18.0 Å². The van der Waals surface area contributed by atoms with E-state index in [1.807, 2.05) is 36.4 Å². The zero-order chi connectivity index (χ0) is 25.5. The molecule has 1 fully saturated rings. The van der Waals surface area contributed by atoms with Gasteiger partial charge in [0.25, 0.3) is 0 Å². The summed E-state index contributed by atoms with van der Waals surface area (Å²) < 4.78 is 5.14. The maximum absolute atomic E-state index is 12.8. The van der Waals surface area contributed by atoms with Crippen LogP contribution in [0, 0.1) is 11.8 Å². The van der Waals surface area contributed by atoms with Crippen LogP contribution in [0.1, 0.15) is 40.0 Å². The molecule has 1 atom stereocenters. The van der Waals surface area contributed by atoms with Gasteiger partial charge in [-0.3, -0.25) is 4.79 Å². The molecule has 1 aromatic heterocycles. The van der Waals surface area contributed by atoms with Gasteiger partial charge in [0.15, 0.2) is 0 Å². The number of urea groups is 1. The van der Waals surface area contributed by atoms with Gasteiger partial charge >= 0.3 is 12.0 Å². The summed E-state index contributed by atoms with van der Waals surface area (Å²) >= 11 is 0. The number of rotatable bonds is 8. The number of nitrogens with one attached hydrogen (secondary N) is 2. The first-order valence-corrected chi connectivity index (χ1v) is 12.8. The normalized spacial score (nSPS) is 15.7. The number of esters is 1. The van der Waals surface area contributed by atoms with Gasteiger partial charge in [0.2, 0.25) is 0 Å². The summed E-state index contributed by atoms with van der Waals surface area (Å²) in [6, 6.07) is 13.7. The van der Waals surface area contributed by atoms with E-state index in [1.165, 1.54) is 0 Å². The Morgan fingerprint density at radius 1 is 1.11 bits per heavy atom. The summed E-state index contributed by atoms with van der Waals surface area (Å²) in [4.78, 5) is 35.4. The van der Waals surface area contributed by atoms with Crippen molar-refractivity contribution in [3.63, 3.8) is 0 Å². The summed E-state index contributed by atoms with van der Waals surface area (Å²) in [5.41, 5.74) is 3.69. The van der Waals surface area contributed by atoms with Crippen molar-refractivity contribution in [2.24, 2.45) is 11.8 Å². The van der Waals surface area contributed by atoms with Crippen molar-refractivity contribution < 1.29 is 14.3 Å². The van der Waals surface area contributed by atoms with Gasteiger partial charge in [-0.05, 0) is 67.5 Å². The third-order valence-electron chi connectivity index (χ3n) is 6.45. The molecule has 0 bridgehead atoms. The van der Waals surface area contributed by atoms with Crippen molar-refractivity contribution in [1.29, 1.82) is 0 Å². The van der Waals surface area contributed by atoms with E-state index in [0.29, 0.717) is 31.3 Å². The van der Waals surface area contributed by atoms with Crippen molar-refractivity contribution in [3.05, 3.63) is 48.8 Å². The molecule has 0 aliphatic carbocycles. The van der Waals surface area contributed by atoms with Gasteiger partial charge < -0.3 is 20.3 Å². The SMILES string of the molecule is CCOC(=O)C1CCCN(C(=O)Nc2ccc(-c3ccc4ncnc(NCCC(C)C)c4c3)cc2)C1. The highest BCUT2D eigenvalue weighted by molar-refractivity contribution is 5.93.